The number of aromatic nitrogens is 3. The van der Waals surface area contributed by atoms with Crippen LogP contribution in [0.4, 0.5) is 38.5 Å². The summed E-state index contributed by atoms with van der Waals surface area (Å²) in [7, 11) is 0. The molecule has 0 spiro atoms. The second kappa shape index (κ2) is 29.9. The summed E-state index contributed by atoms with van der Waals surface area (Å²) in [5.41, 5.74) is 5.73. The molecule has 4 fully saturated rings. The number of likely N-dealkylation sites (tertiary alicyclic amines) is 1. The van der Waals surface area contributed by atoms with Crippen LogP contribution in [-0.4, -0.2) is 197 Å². The molecule has 5 heterocycles. The molecule has 4 aliphatic rings. The van der Waals surface area contributed by atoms with Crippen molar-refractivity contribution in [2.75, 3.05) is 130 Å². The maximum Gasteiger partial charge on any atom is 0.415 e. The lowest BCUT2D eigenvalue weighted by atomic mass is 9.98. The number of anilines is 5. The molecule has 484 valence electrons. The smallest absolute Gasteiger partial charge is 0.415 e. The molecule has 4 aliphatic heterocycles. The number of benzene rings is 5. The van der Waals surface area contributed by atoms with Crippen LogP contribution in [0.2, 0.25) is 0 Å². The summed E-state index contributed by atoms with van der Waals surface area (Å²) in [6.07, 6.45) is 0.828. The van der Waals surface area contributed by atoms with Gasteiger partial charge < -0.3 is 64.9 Å². The molecule has 0 saturated carbocycles. The van der Waals surface area contributed by atoms with Gasteiger partial charge >= 0.3 is 12.1 Å². The van der Waals surface area contributed by atoms with Crippen molar-refractivity contribution in [3.05, 3.63) is 137 Å². The molecule has 5 aromatic carbocycles. The minimum absolute atomic E-state index is 0.0123. The first kappa shape index (κ1) is 65.2. The number of aryl methyl sites for hydroxylation is 1. The number of hydrogen-bond donors (Lipinski definition) is 7. The molecule has 10 rings (SSSR count). The quantitative estimate of drug-likeness (QED) is 0.0341. The van der Waals surface area contributed by atoms with Crippen LogP contribution < -0.4 is 35.4 Å². The van der Waals surface area contributed by atoms with Crippen molar-refractivity contribution in [1.29, 1.82) is 10.8 Å². The maximum atomic E-state index is 13.7. The van der Waals surface area contributed by atoms with Gasteiger partial charge in [0.1, 0.15) is 23.1 Å². The van der Waals surface area contributed by atoms with E-state index in [-0.39, 0.29) is 59.6 Å². The second-order valence-corrected chi connectivity index (χ2v) is 23.4. The van der Waals surface area contributed by atoms with Crippen molar-refractivity contribution >= 4 is 70.5 Å². The number of phenolic OH excluding ortho intramolecular Hbond substituents is 2. The molecular weight excluding hydrogens is 1170 g/mol. The Hall–Kier alpha value is -9.72. The Morgan fingerprint density at radius 3 is 1.84 bits per heavy atom. The van der Waals surface area contributed by atoms with Gasteiger partial charge in [-0.05, 0) is 135 Å². The normalized spacial score (nSPS) is 15.6. The van der Waals surface area contributed by atoms with Crippen LogP contribution in [0.25, 0.3) is 11.4 Å². The molecule has 0 radical (unpaired) electrons. The highest BCUT2D eigenvalue weighted by molar-refractivity contribution is 6.48. The number of morpholine rings is 2. The Kier molecular flexibility index (Phi) is 21.2. The number of nitrogens with zero attached hydrogens (tertiary/aromatic N) is 10. The first-order valence-corrected chi connectivity index (χ1v) is 31.4. The minimum Gasteiger partial charge on any atom is -0.508 e. The van der Waals surface area contributed by atoms with Crippen LogP contribution in [0.5, 0.6) is 17.2 Å². The molecule has 0 unspecified atom stereocenters. The third kappa shape index (κ3) is 15.9. The number of amidine groups is 2. The standard InChI is InChI=1S/C67H81N15O10/c1-6-70-62(86)60(69)82(59(68)54-40-53(43(3)4)55(83)41-56(54)84)52-19-8-45(9-20-52)42-76-26-28-77(29-27-76)58(85)39-46-10-21-57(44(5)38-46)92-67(89)81(7-2)51-22-24-78(25-23-51)63(87)48-13-17-50(18-14-48)72-66(88)71-49-15-11-47(12-16-49)61-73-64(79-30-34-90-35-31-79)75-65(74-61)80-32-36-91-37-33-80/h8-21,38,40-41,43,51,68-69,83-84H,6-7,22-37,39,42H2,1-5H3,(H,70,86)(H2,71,72,88). The van der Waals surface area contributed by atoms with E-state index >= 15 is 0 Å². The van der Waals surface area contributed by atoms with Gasteiger partial charge in [-0.3, -0.25) is 35.0 Å². The molecule has 0 bridgehead atoms. The Morgan fingerprint density at radius 2 is 1.27 bits per heavy atom. The molecule has 7 N–H and O–H groups in total. The lowest BCUT2D eigenvalue weighted by Crippen LogP contribution is -2.49. The van der Waals surface area contributed by atoms with Gasteiger partial charge in [-0.1, -0.05) is 38.1 Å². The zero-order chi connectivity index (χ0) is 65.0. The van der Waals surface area contributed by atoms with Gasteiger partial charge in [0, 0.05) is 125 Å². The number of likely N-dealkylation sites (N-methyl/N-ethyl adjacent to an activating group) is 1. The number of rotatable bonds is 17. The Bertz CT molecular complexity index is 3600. The van der Waals surface area contributed by atoms with Gasteiger partial charge in [0.25, 0.3) is 11.8 Å². The summed E-state index contributed by atoms with van der Waals surface area (Å²) in [6.45, 7) is 18.8. The zero-order valence-corrected chi connectivity index (χ0v) is 52.7. The number of ether oxygens (including phenoxy) is 3. The van der Waals surface area contributed by atoms with Gasteiger partial charge in [0.05, 0.1) is 38.4 Å². The maximum absolute atomic E-state index is 13.7. The summed E-state index contributed by atoms with van der Waals surface area (Å²) < 4.78 is 17.1. The molecule has 0 atom stereocenters. The Labute approximate surface area is 535 Å². The largest absolute Gasteiger partial charge is 0.508 e. The van der Waals surface area contributed by atoms with E-state index in [2.05, 4.69) is 30.7 Å². The molecule has 1 aromatic heterocycles. The molecule has 25 heteroatoms. The van der Waals surface area contributed by atoms with Crippen molar-refractivity contribution in [1.82, 2.24) is 39.9 Å². The fourth-order valence-corrected chi connectivity index (χ4v) is 11.7. The summed E-state index contributed by atoms with van der Waals surface area (Å²) in [6, 6.07) is 28.7. The number of piperidine rings is 1. The van der Waals surface area contributed by atoms with Crippen LogP contribution in [0, 0.1) is 17.7 Å². The molecule has 0 aliphatic carbocycles. The Balaban J connectivity index is 0.655. The lowest BCUT2D eigenvalue weighted by Gasteiger charge is -2.37. The van der Waals surface area contributed by atoms with Gasteiger partial charge in [-0.2, -0.15) is 15.0 Å². The number of nitrogens with one attached hydrogen (secondary N) is 5. The number of amides is 6. The van der Waals surface area contributed by atoms with E-state index in [1.165, 1.54) is 12.1 Å². The number of hydrogen-bond acceptors (Lipinski definition) is 18. The molecular formula is C67H81N15O10. The predicted molar refractivity (Wildman–Crippen MR) is 351 cm³/mol. The lowest BCUT2D eigenvalue weighted by molar-refractivity contribution is -0.132. The molecule has 6 amide bonds. The monoisotopic (exact) mass is 1260 g/mol. The SMILES string of the molecule is CCNC(=O)C(=N)N(C(=N)c1cc(C(C)C)c(O)cc1O)c1ccc(CN2CCN(C(=O)Cc3ccc(OC(=O)N(CC)C4CCN(C(=O)c5ccc(NC(=O)Nc6ccc(-c7nc(N8CCOCC8)nc(N8CCOCC8)n7)cc6)cc5)CC4)c(C)c3)CC2)cc1. The number of carbonyl (C=O) groups excluding carboxylic acids is 5. The van der Waals surface area contributed by atoms with Crippen molar-refractivity contribution in [3.8, 4) is 28.6 Å². The average molecular weight is 1260 g/mol. The van der Waals surface area contributed by atoms with Crippen molar-refractivity contribution in [3.63, 3.8) is 0 Å². The number of phenols is 2. The van der Waals surface area contributed by atoms with E-state index in [9.17, 15) is 34.2 Å². The second-order valence-electron chi connectivity index (χ2n) is 23.4. The van der Waals surface area contributed by atoms with Gasteiger partial charge in [0.15, 0.2) is 11.7 Å². The number of piperazine rings is 1. The van der Waals surface area contributed by atoms with E-state index < -0.39 is 23.9 Å². The van der Waals surface area contributed by atoms with Crippen LogP contribution in [0.15, 0.2) is 103 Å². The molecule has 6 aromatic rings. The number of aromatic hydroxyl groups is 2. The van der Waals surface area contributed by atoms with E-state index in [4.69, 9.17) is 40.0 Å². The molecule has 4 saturated heterocycles. The summed E-state index contributed by atoms with van der Waals surface area (Å²) in [4.78, 5) is 94.5. The molecule has 25 nitrogen and oxygen atoms in total. The van der Waals surface area contributed by atoms with Crippen molar-refractivity contribution < 1.29 is 48.4 Å². The zero-order valence-electron chi connectivity index (χ0n) is 52.7. The average Bonchev–Trinajstić information content (AvgIpc) is 0.871. The third-order valence-corrected chi connectivity index (χ3v) is 16.9. The predicted octanol–water partition coefficient (Wildman–Crippen LogP) is 7.66. The third-order valence-electron chi connectivity index (χ3n) is 16.9. The van der Waals surface area contributed by atoms with Gasteiger partial charge in [0.2, 0.25) is 17.8 Å². The van der Waals surface area contributed by atoms with Crippen LogP contribution in [-0.2, 0) is 32.0 Å². The summed E-state index contributed by atoms with van der Waals surface area (Å²) in [5, 5.41) is 47.4. The number of urea groups is 1. The fourth-order valence-electron chi connectivity index (χ4n) is 11.7. The van der Waals surface area contributed by atoms with Gasteiger partial charge in [-0.15, -0.1) is 0 Å². The first-order chi connectivity index (χ1) is 44.4. The van der Waals surface area contributed by atoms with Crippen molar-refractivity contribution in [2.45, 2.75) is 72.4 Å². The van der Waals surface area contributed by atoms with E-state index in [0.717, 1.165) is 27.2 Å². The minimum atomic E-state index is -0.691. The van der Waals surface area contributed by atoms with Crippen LogP contribution >= 0.6 is 0 Å². The highest BCUT2D eigenvalue weighted by Gasteiger charge is 2.32. The van der Waals surface area contributed by atoms with E-state index in [1.807, 2.05) is 69.0 Å². The van der Waals surface area contributed by atoms with E-state index in [0.29, 0.717) is 169 Å². The topological polar surface area (TPSA) is 299 Å². The number of carbonyl (C=O) groups is 5. The van der Waals surface area contributed by atoms with Crippen molar-refractivity contribution in [2.24, 2.45) is 0 Å². The Morgan fingerprint density at radius 1 is 0.685 bits per heavy atom. The van der Waals surface area contributed by atoms with Gasteiger partial charge in [-0.25, -0.2) is 9.59 Å². The summed E-state index contributed by atoms with van der Waals surface area (Å²) in [5.74, 6) is -0.118. The molecule has 92 heavy (non-hydrogen) atoms. The highest BCUT2D eigenvalue weighted by Crippen LogP contribution is 2.35. The van der Waals surface area contributed by atoms with Crippen LogP contribution in [0.1, 0.15) is 84.6 Å². The first-order valence-electron chi connectivity index (χ1n) is 31.4. The highest BCUT2D eigenvalue weighted by atomic mass is 16.6. The van der Waals surface area contributed by atoms with Crippen LogP contribution in [0.3, 0.4) is 0 Å². The van der Waals surface area contributed by atoms with E-state index in [1.54, 1.807) is 71.3 Å². The summed E-state index contributed by atoms with van der Waals surface area (Å²) >= 11 is 0. The fraction of sp³-hybridized carbons (Fsp3) is 0.403.